The lowest BCUT2D eigenvalue weighted by Crippen LogP contribution is -2.32. The number of carboxylic acids is 1. The molecule has 0 bridgehead atoms. The Labute approximate surface area is 141 Å². The van der Waals surface area contributed by atoms with E-state index in [1.165, 1.54) is 22.7 Å². The Hall–Kier alpha value is -1.44. The first-order chi connectivity index (χ1) is 10.3. The van der Waals surface area contributed by atoms with Gasteiger partial charge in [-0.15, -0.1) is 22.7 Å². The number of hydrogen-bond acceptors (Lipinski definition) is 5. The fraction of sp³-hybridized carbons (Fsp3) is 0.357. The normalized spacial score (nSPS) is 11.4. The van der Waals surface area contributed by atoms with Crippen LogP contribution in [0.25, 0.3) is 9.88 Å². The van der Waals surface area contributed by atoms with Crippen molar-refractivity contribution < 1.29 is 14.7 Å². The number of aliphatic carboxylic acids is 1. The van der Waals surface area contributed by atoms with E-state index >= 15 is 0 Å². The van der Waals surface area contributed by atoms with Gasteiger partial charge in [-0.3, -0.25) is 9.59 Å². The summed E-state index contributed by atoms with van der Waals surface area (Å²) in [4.78, 5) is 28.2. The predicted molar refractivity (Wildman–Crippen MR) is 88.8 cm³/mol. The quantitative estimate of drug-likeness (QED) is 0.824. The zero-order valence-electron chi connectivity index (χ0n) is 12.1. The summed E-state index contributed by atoms with van der Waals surface area (Å²) in [6.07, 6.45) is 0.353. The van der Waals surface area contributed by atoms with Crippen molar-refractivity contribution in [1.29, 1.82) is 0 Å². The third-order valence-corrected chi connectivity index (χ3v) is 5.38. The van der Waals surface area contributed by atoms with Gasteiger partial charge in [-0.2, -0.15) is 0 Å². The minimum atomic E-state index is -0.882. The molecule has 2 rings (SSSR count). The van der Waals surface area contributed by atoms with Crippen molar-refractivity contribution in [2.24, 2.45) is 5.41 Å². The van der Waals surface area contributed by atoms with Crippen LogP contribution >= 0.6 is 34.3 Å². The van der Waals surface area contributed by atoms with Gasteiger partial charge in [-0.1, -0.05) is 11.6 Å². The zero-order chi connectivity index (χ0) is 16.3. The lowest BCUT2D eigenvalue weighted by Gasteiger charge is -2.18. The van der Waals surface area contributed by atoms with Crippen LogP contribution in [0.15, 0.2) is 17.5 Å². The highest BCUT2D eigenvalue weighted by Crippen LogP contribution is 2.32. The van der Waals surface area contributed by atoms with Crippen molar-refractivity contribution in [3.05, 3.63) is 27.5 Å². The number of nitrogens with one attached hydrogen (secondary N) is 1. The van der Waals surface area contributed by atoms with Gasteiger partial charge in [0.15, 0.2) is 0 Å². The van der Waals surface area contributed by atoms with Gasteiger partial charge < -0.3 is 10.4 Å². The Morgan fingerprint density at radius 3 is 2.73 bits per heavy atom. The van der Waals surface area contributed by atoms with Gasteiger partial charge in [0.1, 0.15) is 10.7 Å². The maximum Gasteiger partial charge on any atom is 0.309 e. The van der Waals surface area contributed by atoms with Crippen molar-refractivity contribution in [3.63, 3.8) is 0 Å². The van der Waals surface area contributed by atoms with Gasteiger partial charge in [0, 0.05) is 11.9 Å². The first-order valence-corrected chi connectivity index (χ1v) is 8.60. The Morgan fingerprint density at radius 2 is 2.14 bits per heavy atom. The summed E-state index contributed by atoms with van der Waals surface area (Å²) in [7, 11) is 0. The summed E-state index contributed by atoms with van der Waals surface area (Å²) in [6.45, 7) is 3.54. The molecule has 2 N–H and O–H groups in total. The zero-order valence-corrected chi connectivity index (χ0v) is 14.4. The van der Waals surface area contributed by atoms with E-state index in [9.17, 15) is 9.59 Å². The van der Waals surface area contributed by atoms with E-state index in [-0.39, 0.29) is 12.5 Å². The summed E-state index contributed by atoms with van der Waals surface area (Å²) in [6, 6.07) is 3.65. The largest absolute Gasteiger partial charge is 0.481 e. The van der Waals surface area contributed by atoms with E-state index in [0.717, 1.165) is 9.88 Å². The maximum absolute atomic E-state index is 12.0. The number of thiazole rings is 1. The topological polar surface area (TPSA) is 79.3 Å². The molecule has 0 saturated carbocycles. The Kier molecular flexibility index (Phi) is 5.20. The van der Waals surface area contributed by atoms with Crippen LogP contribution in [0.5, 0.6) is 0 Å². The number of carbonyl (C=O) groups excluding carboxylic acids is 1. The minimum Gasteiger partial charge on any atom is -0.481 e. The number of aromatic nitrogens is 1. The van der Waals surface area contributed by atoms with E-state index in [4.69, 9.17) is 16.7 Å². The number of nitrogens with zero attached hydrogens (tertiary/aromatic N) is 1. The van der Waals surface area contributed by atoms with Crippen LogP contribution in [0.1, 0.15) is 30.8 Å². The lowest BCUT2D eigenvalue weighted by atomic mass is 9.90. The molecule has 0 saturated heterocycles. The standard InChI is InChI=1S/C14H15ClN2O3S2/c1-14(2,13(19)20)5-6-16-11(18)8-7-21-12(17-8)9-3-4-10(15)22-9/h3-4,7H,5-6H2,1-2H3,(H,16,18)(H,19,20). The molecular formula is C14H15ClN2O3S2. The summed E-state index contributed by atoms with van der Waals surface area (Å²) in [5.74, 6) is -1.18. The number of hydrogen-bond donors (Lipinski definition) is 2. The van der Waals surface area contributed by atoms with Crippen LogP contribution in [0.2, 0.25) is 4.34 Å². The molecule has 2 aromatic heterocycles. The summed E-state index contributed by atoms with van der Waals surface area (Å²) < 4.78 is 0.673. The molecule has 118 valence electrons. The van der Waals surface area contributed by atoms with Gasteiger partial charge in [-0.05, 0) is 32.4 Å². The van der Waals surface area contributed by atoms with Crippen molar-refractivity contribution in [1.82, 2.24) is 10.3 Å². The van der Waals surface area contributed by atoms with E-state index in [0.29, 0.717) is 16.5 Å². The number of halogens is 1. The number of amides is 1. The van der Waals surface area contributed by atoms with Gasteiger partial charge >= 0.3 is 5.97 Å². The number of carboxylic acid groups (broad SMARTS) is 1. The van der Waals surface area contributed by atoms with Crippen LogP contribution in [-0.4, -0.2) is 28.5 Å². The molecule has 0 radical (unpaired) electrons. The van der Waals surface area contributed by atoms with Crippen molar-refractivity contribution in [3.8, 4) is 9.88 Å². The average molecular weight is 359 g/mol. The van der Waals surface area contributed by atoms with Gasteiger partial charge in [0.2, 0.25) is 0 Å². The maximum atomic E-state index is 12.0. The predicted octanol–water partition coefficient (Wildman–Crippen LogP) is 3.76. The van der Waals surface area contributed by atoms with Crippen molar-refractivity contribution in [2.45, 2.75) is 20.3 Å². The minimum absolute atomic E-state index is 0.288. The lowest BCUT2D eigenvalue weighted by molar-refractivity contribution is -0.147. The summed E-state index contributed by atoms with van der Waals surface area (Å²) >= 11 is 8.67. The summed E-state index contributed by atoms with van der Waals surface area (Å²) in [5, 5.41) is 14.1. The average Bonchev–Trinajstić information content (AvgIpc) is 3.06. The van der Waals surface area contributed by atoms with Gasteiger partial charge in [0.05, 0.1) is 14.6 Å². The number of carbonyl (C=O) groups is 2. The smallest absolute Gasteiger partial charge is 0.309 e. The monoisotopic (exact) mass is 358 g/mol. The number of thiophene rings is 1. The first kappa shape index (κ1) is 16.9. The van der Waals surface area contributed by atoms with Crippen LogP contribution < -0.4 is 5.32 Å². The fourth-order valence-corrected chi connectivity index (χ4v) is 3.52. The van der Waals surface area contributed by atoms with E-state index in [2.05, 4.69) is 10.3 Å². The van der Waals surface area contributed by atoms with Crippen molar-refractivity contribution in [2.75, 3.05) is 6.54 Å². The van der Waals surface area contributed by atoms with Gasteiger partial charge in [-0.25, -0.2) is 4.98 Å². The number of rotatable bonds is 6. The van der Waals surface area contributed by atoms with Crippen LogP contribution in [0, 0.1) is 5.41 Å². The Bertz CT molecular complexity index is 694. The molecule has 0 aromatic carbocycles. The first-order valence-electron chi connectivity index (χ1n) is 6.52. The molecule has 5 nitrogen and oxygen atoms in total. The van der Waals surface area contributed by atoms with Crippen LogP contribution in [0.4, 0.5) is 0 Å². The highest BCUT2D eigenvalue weighted by atomic mass is 35.5. The molecule has 0 aliphatic carbocycles. The molecule has 0 aliphatic heterocycles. The highest BCUT2D eigenvalue weighted by Gasteiger charge is 2.26. The fourth-order valence-electron chi connectivity index (χ4n) is 1.61. The van der Waals surface area contributed by atoms with E-state index < -0.39 is 11.4 Å². The second kappa shape index (κ2) is 6.76. The second-order valence-electron chi connectivity index (χ2n) is 5.34. The second-order valence-corrected chi connectivity index (χ2v) is 7.91. The molecule has 1 amide bonds. The van der Waals surface area contributed by atoms with Gasteiger partial charge in [0.25, 0.3) is 5.91 Å². The molecule has 22 heavy (non-hydrogen) atoms. The van der Waals surface area contributed by atoms with E-state index in [1.54, 1.807) is 25.3 Å². The molecule has 0 aliphatic rings. The third-order valence-electron chi connectivity index (χ3n) is 3.14. The SMILES string of the molecule is CC(C)(CCNC(=O)c1csc(-c2ccc(Cl)s2)n1)C(=O)O. The Morgan fingerprint density at radius 1 is 1.41 bits per heavy atom. The van der Waals surface area contributed by atoms with Crippen LogP contribution in [0.3, 0.4) is 0 Å². The highest BCUT2D eigenvalue weighted by molar-refractivity contribution is 7.23. The molecule has 2 heterocycles. The molecular weight excluding hydrogens is 344 g/mol. The molecule has 0 atom stereocenters. The third kappa shape index (κ3) is 4.06. The van der Waals surface area contributed by atoms with Crippen LogP contribution in [-0.2, 0) is 4.79 Å². The Balaban J connectivity index is 1.94. The molecule has 8 heteroatoms. The molecule has 0 fully saturated rings. The summed E-state index contributed by atoms with van der Waals surface area (Å²) in [5.41, 5.74) is -0.536. The van der Waals surface area contributed by atoms with Crippen molar-refractivity contribution >= 4 is 46.2 Å². The molecule has 0 unspecified atom stereocenters. The molecule has 0 spiro atoms. The van der Waals surface area contributed by atoms with E-state index in [1.807, 2.05) is 6.07 Å². The molecule has 2 aromatic rings.